The van der Waals surface area contributed by atoms with E-state index in [1.54, 1.807) is 18.2 Å². The third kappa shape index (κ3) is 2.66. The maximum Gasteiger partial charge on any atom is 0.167 e. The predicted octanol–water partition coefficient (Wildman–Crippen LogP) is 3.71. The first-order valence-corrected chi connectivity index (χ1v) is 6.80. The van der Waals surface area contributed by atoms with E-state index in [0.29, 0.717) is 5.56 Å². The largest absolute Gasteiger partial charge is 0.490 e. The Bertz CT molecular complexity index is 690. The van der Waals surface area contributed by atoms with Crippen LogP contribution in [0.4, 0.5) is 8.78 Å². The molecule has 0 N–H and O–H groups in total. The monoisotopic (exact) mass is 288 g/mol. The van der Waals surface area contributed by atoms with Gasteiger partial charge in [0.05, 0.1) is 0 Å². The van der Waals surface area contributed by atoms with Crippen LogP contribution in [0.2, 0.25) is 0 Å². The minimum Gasteiger partial charge on any atom is -0.490 e. The second-order valence-electron chi connectivity index (χ2n) is 5.26. The first-order valence-electron chi connectivity index (χ1n) is 6.80. The summed E-state index contributed by atoms with van der Waals surface area (Å²) in [6.07, 6.45) is 0.549. The summed E-state index contributed by atoms with van der Waals surface area (Å²) in [6, 6.07) is 8.72. The number of hydrogen-bond acceptors (Lipinski definition) is 2. The van der Waals surface area contributed by atoms with Crippen LogP contribution in [-0.2, 0) is 12.8 Å². The fourth-order valence-corrected chi connectivity index (χ4v) is 2.56. The lowest BCUT2D eigenvalue weighted by molar-refractivity contribution is 0.0990. The molecule has 108 valence electrons. The van der Waals surface area contributed by atoms with Crippen molar-refractivity contribution < 1.29 is 18.3 Å². The van der Waals surface area contributed by atoms with Gasteiger partial charge < -0.3 is 4.74 Å². The van der Waals surface area contributed by atoms with E-state index in [0.717, 1.165) is 29.9 Å². The molecule has 3 rings (SSSR count). The van der Waals surface area contributed by atoms with E-state index in [1.165, 1.54) is 6.07 Å². The smallest absolute Gasteiger partial charge is 0.167 e. The molecule has 0 bridgehead atoms. The molecular weight excluding hydrogens is 274 g/mol. The molecule has 1 aliphatic heterocycles. The normalized spacial score (nSPS) is 16.4. The molecule has 1 aliphatic rings. The van der Waals surface area contributed by atoms with E-state index in [-0.39, 0.29) is 23.9 Å². The second kappa shape index (κ2) is 5.28. The summed E-state index contributed by atoms with van der Waals surface area (Å²) in [5, 5.41) is 0. The van der Waals surface area contributed by atoms with Crippen molar-refractivity contribution in [3.63, 3.8) is 0 Å². The van der Waals surface area contributed by atoms with Crippen LogP contribution in [-0.4, -0.2) is 11.9 Å². The average molecular weight is 288 g/mol. The lowest BCUT2D eigenvalue weighted by Gasteiger charge is -2.06. The number of rotatable bonds is 3. The number of carbonyl (C=O) groups is 1. The average Bonchev–Trinajstić information content (AvgIpc) is 2.81. The first kappa shape index (κ1) is 13.7. The molecular formula is C17H14F2O2. The van der Waals surface area contributed by atoms with Crippen molar-refractivity contribution in [1.82, 2.24) is 0 Å². The van der Waals surface area contributed by atoms with Crippen molar-refractivity contribution >= 4 is 5.78 Å². The summed E-state index contributed by atoms with van der Waals surface area (Å²) >= 11 is 0. The van der Waals surface area contributed by atoms with E-state index < -0.39 is 11.6 Å². The Morgan fingerprint density at radius 3 is 2.67 bits per heavy atom. The molecule has 0 saturated carbocycles. The van der Waals surface area contributed by atoms with Crippen LogP contribution in [0, 0.1) is 11.6 Å². The minimum absolute atomic E-state index is 0.0920. The zero-order valence-electron chi connectivity index (χ0n) is 11.5. The number of halogens is 2. The molecule has 1 heterocycles. The van der Waals surface area contributed by atoms with Crippen LogP contribution in [0.25, 0.3) is 0 Å². The van der Waals surface area contributed by atoms with Gasteiger partial charge in [-0.05, 0) is 42.8 Å². The number of Topliss-reactive ketones (excluding diaryl/α,β-unsaturated/α-hetero) is 1. The Kier molecular flexibility index (Phi) is 3.45. The van der Waals surface area contributed by atoms with Gasteiger partial charge in [-0.25, -0.2) is 8.78 Å². The van der Waals surface area contributed by atoms with Crippen molar-refractivity contribution in [3.8, 4) is 5.75 Å². The predicted molar refractivity (Wildman–Crippen MR) is 74.6 cm³/mol. The Hall–Kier alpha value is -2.23. The molecule has 0 aromatic heterocycles. The number of hydrogen-bond donors (Lipinski definition) is 0. The van der Waals surface area contributed by atoms with Gasteiger partial charge in [0.2, 0.25) is 0 Å². The Balaban J connectivity index is 1.85. The number of benzene rings is 2. The zero-order valence-corrected chi connectivity index (χ0v) is 11.5. The quantitative estimate of drug-likeness (QED) is 0.805. The lowest BCUT2D eigenvalue weighted by Crippen LogP contribution is -2.07. The van der Waals surface area contributed by atoms with E-state index in [4.69, 9.17) is 4.74 Å². The van der Waals surface area contributed by atoms with Gasteiger partial charge in [0, 0.05) is 24.0 Å². The molecule has 1 unspecified atom stereocenters. The number of ketones is 1. The maximum atomic E-state index is 13.6. The van der Waals surface area contributed by atoms with Crippen molar-refractivity contribution in [2.75, 3.05) is 0 Å². The Morgan fingerprint density at radius 2 is 1.95 bits per heavy atom. The molecule has 0 aliphatic carbocycles. The Labute approximate surface area is 121 Å². The van der Waals surface area contributed by atoms with E-state index in [2.05, 4.69) is 0 Å². The summed E-state index contributed by atoms with van der Waals surface area (Å²) in [7, 11) is 0. The fraction of sp³-hybridized carbons (Fsp3) is 0.235. The molecule has 1 atom stereocenters. The van der Waals surface area contributed by atoms with E-state index in [1.807, 2.05) is 6.92 Å². The van der Waals surface area contributed by atoms with Crippen molar-refractivity contribution in [2.45, 2.75) is 25.9 Å². The van der Waals surface area contributed by atoms with E-state index >= 15 is 0 Å². The topological polar surface area (TPSA) is 26.3 Å². The van der Waals surface area contributed by atoms with Gasteiger partial charge >= 0.3 is 0 Å². The highest BCUT2D eigenvalue weighted by Gasteiger charge is 2.21. The van der Waals surface area contributed by atoms with Crippen molar-refractivity contribution in [2.24, 2.45) is 0 Å². The molecule has 0 radical (unpaired) electrons. The molecule has 0 amide bonds. The van der Waals surface area contributed by atoms with Crippen molar-refractivity contribution in [3.05, 3.63) is 64.7 Å². The SMILES string of the molecule is CC1Cc2cc(C(=O)Cc3c(F)cccc3F)ccc2O1. The number of carbonyl (C=O) groups excluding carboxylic acids is 1. The molecule has 0 saturated heterocycles. The summed E-state index contributed by atoms with van der Waals surface area (Å²) < 4.78 is 32.7. The second-order valence-corrected chi connectivity index (χ2v) is 5.26. The van der Waals surface area contributed by atoms with Gasteiger partial charge in [0.25, 0.3) is 0 Å². The maximum absolute atomic E-state index is 13.6. The molecule has 21 heavy (non-hydrogen) atoms. The molecule has 2 nitrogen and oxygen atoms in total. The van der Waals surface area contributed by atoms with E-state index in [9.17, 15) is 13.6 Å². The molecule has 0 fully saturated rings. The van der Waals surface area contributed by atoms with Gasteiger partial charge in [-0.2, -0.15) is 0 Å². The molecule has 2 aromatic rings. The fourth-order valence-electron chi connectivity index (χ4n) is 2.56. The van der Waals surface area contributed by atoms with Crippen LogP contribution in [0.5, 0.6) is 5.75 Å². The highest BCUT2D eigenvalue weighted by molar-refractivity contribution is 5.98. The Morgan fingerprint density at radius 1 is 1.24 bits per heavy atom. The van der Waals surface area contributed by atoms with Gasteiger partial charge in [0.1, 0.15) is 23.5 Å². The molecule has 0 spiro atoms. The first-order chi connectivity index (χ1) is 10.0. The number of ether oxygens (including phenoxy) is 1. The summed E-state index contributed by atoms with van der Waals surface area (Å²) in [5.74, 6) is -0.916. The highest BCUT2D eigenvalue weighted by Crippen LogP contribution is 2.29. The third-order valence-electron chi connectivity index (χ3n) is 3.62. The third-order valence-corrected chi connectivity index (χ3v) is 3.62. The van der Waals surface area contributed by atoms with Crippen LogP contribution in [0.1, 0.15) is 28.4 Å². The van der Waals surface area contributed by atoms with Gasteiger partial charge in [-0.3, -0.25) is 4.79 Å². The van der Waals surface area contributed by atoms with Gasteiger partial charge in [0.15, 0.2) is 5.78 Å². The molecule has 4 heteroatoms. The standard InChI is InChI=1S/C17H14F2O2/c1-10-7-12-8-11(5-6-17(12)21-10)16(20)9-13-14(18)3-2-4-15(13)19/h2-6,8,10H,7,9H2,1H3. The minimum atomic E-state index is -0.693. The van der Waals surface area contributed by atoms with Crippen LogP contribution in [0.3, 0.4) is 0 Å². The summed E-state index contributed by atoms with van der Waals surface area (Å²) in [5.41, 5.74) is 1.23. The zero-order chi connectivity index (χ0) is 15.0. The number of fused-ring (bicyclic) bond motifs is 1. The van der Waals surface area contributed by atoms with Crippen LogP contribution >= 0.6 is 0 Å². The van der Waals surface area contributed by atoms with Gasteiger partial charge in [-0.1, -0.05) is 6.07 Å². The van der Waals surface area contributed by atoms with Crippen LogP contribution in [0.15, 0.2) is 36.4 Å². The summed E-state index contributed by atoms with van der Waals surface area (Å²) in [4.78, 5) is 12.2. The highest BCUT2D eigenvalue weighted by atomic mass is 19.1. The molecule has 2 aromatic carbocycles. The van der Waals surface area contributed by atoms with Gasteiger partial charge in [-0.15, -0.1) is 0 Å². The summed E-state index contributed by atoms with van der Waals surface area (Å²) in [6.45, 7) is 1.95. The van der Waals surface area contributed by atoms with Crippen molar-refractivity contribution in [1.29, 1.82) is 0 Å². The lowest BCUT2D eigenvalue weighted by atomic mass is 9.99. The van der Waals surface area contributed by atoms with Crippen LogP contribution < -0.4 is 4.74 Å².